The van der Waals surface area contributed by atoms with Crippen LogP contribution >= 0.6 is 0 Å². The maximum absolute atomic E-state index is 11.7. The van der Waals surface area contributed by atoms with Crippen LogP contribution in [0, 0.1) is 0 Å². The Bertz CT molecular complexity index is 470. The first kappa shape index (κ1) is 12.4. The highest BCUT2D eigenvalue weighted by atomic mass is 16.5. The van der Waals surface area contributed by atoms with Crippen molar-refractivity contribution >= 4 is 11.9 Å². The molecule has 2 rings (SSSR count). The number of ether oxygens (including phenoxy) is 1. The first-order chi connectivity index (χ1) is 8.56. The second-order valence-corrected chi connectivity index (χ2v) is 4.41. The SMILES string of the molecule is CCCOc1ccc(C2(C)NC(=O)NC2=O)cc1. The van der Waals surface area contributed by atoms with Crippen molar-refractivity contribution in [2.75, 3.05) is 6.61 Å². The second-order valence-electron chi connectivity index (χ2n) is 4.41. The number of urea groups is 1. The summed E-state index contributed by atoms with van der Waals surface area (Å²) in [6, 6.07) is 6.71. The van der Waals surface area contributed by atoms with Crippen LogP contribution in [0.1, 0.15) is 25.8 Å². The molecule has 0 radical (unpaired) electrons. The lowest BCUT2D eigenvalue weighted by atomic mass is 9.92. The van der Waals surface area contributed by atoms with Gasteiger partial charge in [-0.15, -0.1) is 0 Å². The van der Waals surface area contributed by atoms with Gasteiger partial charge in [0.1, 0.15) is 11.3 Å². The summed E-state index contributed by atoms with van der Waals surface area (Å²) in [5.74, 6) is 0.420. The monoisotopic (exact) mass is 248 g/mol. The predicted molar refractivity (Wildman–Crippen MR) is 66.3 cm³/mol. The van der Waals surface area contributed by atoms with Crippen molar-refractivity contribution in [3.05, 3.63) is 29.8 Å². The average molecular weight is 248 g/mol. The van der Waals surface area contributed by atoms with E-state index < -0.39 is 11.6 Å². The molecule has 0 aliphatic carbocycles. The lowest BCUT2D eigenvalue weighted by Gasteiger charge is -2.21. The summed E-state index contributed by atoms with van der Waals surface area (Å²) in [4.78, 5) is 22.9. The lowest BCUT2D eigenvalue weighted by Crippen LogP contribution is -2.40. The number of benzene rings is 1. The van der Waals surface area contributed by atoms with Gasteiger partial charge in [-0.3, -0.25) is 10.1 Å². The molecule has 1 fully saturated rings. The minimum atomic E-state index is -1.000. The number of hydrogen-bond acceptors (Lipinski definition) is 3. The predicted octanol–water partition coefficient (Wildman–Crippen LogP) is 1.53. The van der Waals surface area contributed by atoms with Gasteiger partial charge in [-0.05, 0) is 31.0 Å². The Morgan fingerprint density at radius 2 is 1.89 bits per heavy atom. The van der Waals surface area contributed by atoms with Gasteiger partial charge in [0.2, 0.25) is 0 Å². The number of carbonyl (C=O) groups excluding carboxylic acids is 2. The number of nitrogens with one attached hydrogen (secondary N) is 2. The molecule has 1 aromatic rings. The maximum atomic E-state index is 11.7. The molecule has 1 unspecified atom stereocenters. The van der Waals surface area contributed by atoms with E-state index in [1.165, 1.54) is 0 Å². The van der Waals surface area contributed by atoms with Crippen LogP contribution < -0.4 is 15.4 Å². The first-order valence-corrected chi connectivity index (χ1v) is 5.93. The Kier molecular flexibility index (Phi) is 3.23. The average Bonchev–Trinajstić information content (AvgIpc) is 2.62. The standard InChI is InChI=1S/C13H16N2O3/c1-3-8-18-10-6-4-9(5-7-10)13(2)11(16)14-12(17)15-13/h4-7H,3,8H2,1-2H3,(H2,14,15,16,17). The molecular formula is C13H16N2O3. The van der Waals surface area contributed by atoms with Gasteiger partial charge in [-0.2, -0.15) is 0 Å². The van der Waals surface area contributed by atoms with Crippen LogP contribution in [0.3, 0.4) is 0 Å². The van der Waals surface area contributed by atoms with E-state index in [-0.39, 0.29) is 5.91 Å². The van der Waals surface area contributed by atoms with Crippen LogP contribution in [0.25, 0.3) is 0 Å². The van der Waals surface area contributed by atoms with E-state index >= 15 is 0 Å². The fourth-order valence-corrected chi connectivity index (χ4v) is 1.85. The van der Waals surface area contributed by atoms with Gasteiger partial charge >= 0.3 is 6.03 Å². The number of rotatable bonds is 4. The zero-order chi connectivity index (χ0) is 13.2. The molecule has 1 aromatic carbocycles. The van der Waals surface area contributed by atoms with Crippen molar-refractivity contribution in [2.45, 2.75) is 25.8 Å². The van der Waals surface area contributed by atoms with E-state index in [0.29, 0.717) is 6.61 Å². The van der Waals surface area contributed by atoms with Gasteiger partial charge in [0, 0.05) is 0 Å². The van der Waals surface area contributed by atoms with Crippen LogP contribution in [0.2, 0.25) is 0 Å². The molecular weight excluding hydrogens is 232 g/mol. The molecule has 1 aliphatic rings. The van der Waals surface area contributed by atoms with Crippen LogP contribution in [0.4, 0.5) is 4.79 Å². The van der Waals surface area contributed by atoms with E-state index in [2.05, 4.69) is 10.6 Å². The quantitative estimate of drug-likeness (QED) is 0.794. The summed E-state index contributed by atoms with van der Waals surface area (Å²) >= 11 is 0. The zero-order valence-corrected chi connectivity index (χ0v) is 10.4. The molecule has 0 bridgehead atoms. The van der Waals surface area contributed by atoms with Crippen LogP contribution in [0.15, 0.2) is 24.3 Å². The highest BCUT2D eigenvalue weighted by Gasteiger charge is 2.43. The topological polar surface area (TPSA) is 67.4 Å². The maximum Gasteiger partial charge on any atom is 0.322 e. The molecule has 3 amide bonds. The number of hydrogen-bond donors (Lipinski definition) is 2. The molecule has 0 saturated carbocycles. The highest BCUT2D eigenvalue weighted by molar-refractivity contribution is 6.07. The summed E-state index contributed by atoms with van der Waals surface area (Å²) in [6.45, 7) is 4.37. The highest BCUT2D eigenvalue weighted by Crippen LogP contribution is 2.26. The van der Waals surface area contributed by atoms with Crippen molar-refractivity contribution < 1.29 is 14.3 Å². The molecule has 0 spiro atoms. The Balaban J connectivity index is 2.19. The second kappa shape index (κ2) is 4.68. The van der Waals surface area contributed by atoms with Gasteiger partial charge in [0.15, 0.2) is 0 Å². The van der Waals surface area contributed by atoms with Crippen LogP contribution in [-0.4, -0.2) is 18.5 Å². The van der Waals surface area contributed by atoms with Gasteiger partial charge in [0.25, 0.3) is 5.91 Å². The third kappa shape index (κ3) is 2.16. The van der Waals surface area contributed by atoms with Crippen molar-refractivity contribution in [1.29, 1.82) is 0 Å². The summed E-state index contributed by atoms with van der Waals surface area (Å²) in [7, 11) is 0. The molecule has 0 aromatic heterocycles. The van der Waals surface area contributed by atoms with Gasteiger partial charge < -0.3 is 10.1 Å². The fourth-order valence-electron chi connectivity index (χ4n) is 1.85. The molecule has 5 nitrogen and oxygen atoms in total. The van der Waals surface area contributed by atoms with Crippen LogP contribution in [-0.2, 0) is 10.3 Å². The van der Waals surface area contributed by atoms with Gasteiger partial charge in [-0.25, -0.2) is 4.79 Å². The smallest absolute Gasteiger partial charge is 0.322 e. The minimum absolute atomic E-state index is 0.338. The Labute approximate surface area is 106 Å². The molecule has 5 heteroatoms. The van der Waals surface area contributed by atoms with Crippen molar-refractivity contribution in [3.8, 4) is 5.75 Å². The molecule has 1 aliphatic heterocycles. The summed E-state index contributed by atoms with van der Waals surface area (Å²) in [6.07, 6.45) is 0.942. The Morgan fingerprint density at radius 1 is 1.22 bits per heavy atom. The third-order valence-corrected chi connectivity index (χ3v) is 2.95. The molecule has 2 N–H and O–H groups in total. The van der Waals surface area contributed by atoms with Crippen LogP contribution in [0.5, 0.6) is 5.75 Å². The zero-order valence-electron chi connectivity index (χ0n) is 10.4. The Hall–Kier alpha value is -2.04. The summed E-state index contributed by atoms with van der Waals surface area (Å²) in [5, 5.41) is 4.85. The number of imide groups is 1. The van der Waals surface area contributed by atoms with Crippen molar-refractivity contribution in [2.24, 2.45) is 0 Å². The normalized spacial score (nSPS) is 22.6. The van der Waals surface area contributed by atoms with E-state index in [4.69, 9.17) is 4.74 Å². The summed E-state index contributed by atoms with van der Waals surface area (Å²) in [5.41, 5.74) is -0.268. The lowest BCUT2D eigenvalue weighted by molar-refractivity contribution is -0.123. The number of amides is 3. The molecule has 1 heterocycles. The molecule has 18 heavy (non-hydrogen) atoms. The third-order valence-electron chi connectivity index (χ3n) is 2.95. The van der Waals surface area contributed by atoms with E-state index in [9.17, 15) is 9.59 Å². The van der Waals surface area contributed by atoms with Gasteiger partial charge in [-0.1, -0.05) is 19.1 Å². The first-order valence-electron chi connectivity index (χ1n) is 5.93. The Morgan fingerprint density at radius 3 is 2.39 bits per heavy atom. The van der Waals surface area contributed by atoms with Gasteiger partial charge in [0.05, 0.1) is 6.61 Å². The molecule has 1 atom stereocenters. The summed E-state index contributed by atoms with van der Waals surface area (Å²) < 4.78 is 5.47. The number of carbonyl (C=O) groups is 2. The van der Waals surface area contributed by atoms with E-state index in [1.54, 1.807) is 31.2 Å². The fraction of sp³-hybridized carbons (Fsp3) is 0.385. The molecule has 1 saturated heterocycles. The van der Waals surface area contributed by atoms with Crippen molar-refractivity contribution in [1.82, 2.24) is 10.6 Å². The van der Waals surface area contributed by atoms with E-state index in [1.807, 2.05) is 6.92 Å². The van der Waals surface area contributed by atoms with E-state index in [0.717, 1.165) is 17.7 Å². The van der Waals surface area contributed by atoms with Crippen molar-refractivity contribution in [3.63, 3.8) is 0 Å². The minimum Gasteiger partial charge on any atom is -0.494 e. The molecule has 96 valence electrons. The largest absolute Gasteiger partial charge is 0.494 e.